The lowest BCUT2D eigenvalue weighted by Crippen LogP contribution is -2.11. The number of nitrogens with zero attached hydrogens (tertiary/aromatic N) is 1. The average Bonchev–Trinajstić information content (AvgIpc) is 2.85. The number of hydrogen-bond donors (Lipinski definition) is 1. The van der Waals surface area contributed by atoms with Crippen LogP contribution in [0.1, 0.15) is 15.9 Å². The third-order valence-electron chi connectivity index (χ3n) is 3.93. The normalized spacial score (nSPS) is 13.0. The predicted octanol–water partition coefficient (Wildman–Crippen LogP) is 3.48. The first kappa shape index (κ1) is 11.8. The van der Waals surface area contributed by atoms with Gasteiger partial charge in [-0.1, -0.05) is 24.3 Å². The van der Waals surface area contributed by atoms with Crippen LogP contribution in [0.4, 0.5) is 5.69 Å². The number of H-pyrrole nitrogens is 1. The van der Waals surface area contributed by atoms with E-state index < -0.39 is 4.92 Å². The van der Waals surface area contributed by atoms with Crippen LogP contribution in [-0.2, 0) is 6.42 Å². The molecule has 4 rings (SSSR count). The van der Waals surface area contributed by atoms with Gasteiger partial charge in [0.05, 0.1) is 10.6 Å². The first-order valence-electron chi connectivity index (χ1n) is 6.57. The van der Waals surface area contributed by atoms with E-state index in [1.54, 1.807) is 6.07 Å². The zero-order chi connectivity index (χ0) is 14.6. The molecule has 0 atom stereocenters. The fraction of sp³-hybridized carbons (Fsp3) is 0.0625. The van der Waals surface area contributed by atoms with Gasteiger partial charge in [0, 0.05) is 40.6 Å². The molecule has 0 saturated heterocycles. The number of aromatic amines is 1. The largest absolute Gasteiger partial charge is 0.354 e. The van der Waals surface area contributed by atoms with Gasteiger partial charge in [0.1, 0.15) is 0 Å². The molecular weight excluding hydrogens is 272 g/mol. The topological polar surface area (TPSA) is 76.0 Å². The molecule has 0 fully saturated rings. The lowest BCUT2D eigenvalue weighted by molar-refractivity contribution is -0.384. The Morgan fingerprint density at radius 2 is 2.00 bits per heavy atom. The summed E-state index contributed by atoms with van der Waals surface area (Å²) in [7, 11) is 0. The Morgan fingerprint density at radius 1 is 1.19 bits per heavy atom. The van der Waals surface area contributed by atoms with Crippen LogP contribution in [0.5, 0.6) is 0 Å². The summed E-state index contributed by atoms with van der Waals surface area (Å²) in [4.78, 5) is 26.1. The molecule has 1 heterocycles. The van der Waals surface area contributed by atoms with E-state index in [4.69, 9.17) is 0 Å². The van der Waals surface area contributed by atoms with Gasteiger partial charge in [-0.3, -0.25) is 14.9 Å². The maximum atomic E-state index is 12.3. The number of non-ortho nitro benzene ring substituents is 1. The number of carbonyl (C=O) groups is 1. The lowest BCUT2D eigenvalue weighted by Gasteiger charge is -2.15. The summed E-state index contributed by atoms with van der Waals surface area (Å²) in [6.45, 7) is 0. The second kappa shape index (κ2) is 4.02. The van der Waals surface area contributed by atoms with Gasteiger partial charge in [0.15, 0.2) is 5.78 Å². The van der Waals surface area contributed by atoms with Crippen molar-refractivity contribution in [3.05, 3.63) is 63.7 Å². The highest BCUT2D eigenvalue weighted by molar-refractivity contribution is 6.10. The molecule has 21 heavy (non-hydrogen) atoms. The first-order valence-corrected chi connectivity index (χ1v) is 6.57. The lowest BCUT2D eigenvalue weighted by atomic mass is 10.1. The molecule has 5 heteroatoms. The van der Waals surface area contributed by atoms with Crippen LogP contribution >= 0.6 is 0 Å². The van der Waals surface area contributed by atoms with Crippen LogP contribution in [0.2, 0.25) is 0 Å². The molecular formula is C16H10N2O3. The van der Waals surface area contributed by atoms with Crippen molar-refractivity contribution >= 4 is 22.4 Å². The Labute approximate surface area is 119 Å². The number of Topliss-reactive ketones (excluding diaryl/α,β-unsaturated/α-hetero) is 1. The van der Waals surface area contributed by atoms with E-state index >= 15 is 0 Å². The average molecular weight is 282 g/mol. The van der Waals surface area contributed by atoms with Crippen LogP contribution in [0.15, 0.2) is 42.5 Å². The number of nitro groups is 1. The van der Waals surface area contributed by atoms with Crippen molar-refractivity contribution < 1.29 is 9.72 Å². The number of fused-ring (bicyclic) bond motifs is 5. The summed E-state index contributed by atoms with van der Waals surface area (Å²) in [6.07, 6.45) is 0.271. The number of nitrogens with one attached hydrogen (secondary N) is 1. The quantitative estimate of drug-likeness (QED) is 0.548. The summed E-state index contributed by atoms with van der Waals surface area (Å²) in [5.41, 5.74) is 4.15. The van der Waals surface area contributed by atoms with Gasteiger partial charge in [-0.25, -0.2) is 0 Å². The van der Waals surface area contributed by atoms with Gasteiger partial charge in [-0.15, -0.1) is 0 Å². The fourth-order valence-electron chi connectivity index (χ4n) is 2.96. The minimum Gasteiger partial charge on any atom is -0.354 e. The van der Waals surface area contributed by atoms with Gasteiger partial charge in [0.25, 0.3) is 5.69 Å². The van der Waals surface area contributed by atoms with Crippen LogP contribution in [0, 0.1) is 10.1 Å². The number of nitro benzene ring substituents is 1. The molecule has 0 aliphatic heterocycles. The van der Waals surface area contributed by atoms with E-state index in [9.17, 15) is 14.9 Å². The Kier molecular flexibility index (Phi) is 2.27. The molecule has 1 aliphatic rings. The Hall–Kier alpha value is -2.95. The molecule has 1 N–H and O–H groups in total. The molecule has 1 aliphatic carbocycles. The molecule has 0 radical (unpaired) electrons. The maximum Gasteiger partial charge on any atom is 0.270 e. The third-order valence-corrected chi connectivity index (χ3v) is 3.93. The van der Waals surface area contributed by atoms with Crippen LogP contribution in [-0.4, -0.2) is 15.7 Å². The first-order chi connectivity index (χ1) is 10.1. The molecule has 2 aromatic carbocycles. The van der Waals surface area contributed by atoms with Crippen molar-refractivity contribution in [2.45, 2.75) is 6.42 Å². The summed E-state index contributed by atoms with van der Waals surface area (Å²) in [5, 5.41) is 11.7. The highest BCUT2D eigenvalue weighted by atomic mass is 16.6. The highest BCUT2D eigenvalue weighted by Crippen LogP contribution is 2.38. The monoisotopic (exact) mass is 282 g/mol. The van der Waals surface area contributed by atoms with Crippen LogP contribution < -0.4 is 0 Å². The molecule has 0 spiro atoms. The van der Waals surface area contributed by atoms with Gasteiger partial charge >= 0.3 is 0 Å². The molecule has 5 nitrogen and oxygen atoms in total. The molecule has 0 bridgehead atoms. The molecule has 3 aromatic rings. The molecule has 0 saturated carbocycles. The van der Waals surface area contributed by atoms with Crippen LogP contribution in [0.3, 0.4) is 0 Å². The van der Waals surface area contributed by atoms with Crippen molar-refractivity contribution in [3.63, 3.8) is 0 Å². The minimum absolute atomic E-state index is 0.0376. The Morgan fingerprint density at radius 3 is 2.81 bits per heavy atom. The van der Waals surface area contributed by atoms with Crippen molar-refractivity contribution in [1.29, 1.82) is 0 Å². The number of benzene rings is 2. The van der Waals surface area contributed by atoms with E-state index in [0.29, 0.717) is 5.56 Å². The third kappa shape index (κ3) is 1.61. The summed E-state index contributed by atoms with van der Waals surface area (Å²) >= 11 is 0. The zero-order valence-corrected chi connectivity index (χ0v) is 10.9. The summed E-state index contributed by atoms with van der Waals surface area (Å²) in [5.74, 6) is 0.0468. The van der Waals surface area contributed by atoms with E-state index in [1.165, 1.54) is 12.1 Å². The molecule has 0 amide bonds. The van der Waals surface area contributed by atoms with E-state index in [1.807, 2.05) is 24.3 Å². The molecule has 0 unspecified atom stereocenters. The minimum atomic E-state index is -0.419. The molecule has 102 valence electrons. The van der Waals surface area contributed by atoms with Crippen molar-refractivity contribution in [2.75, 3.05) is 0 Å². The number of hydrogen-bond acceptors (Lipinski definition) is 3. The van der Waals surface area contributed by atoms with E-state index in [0.717, 1.165) is 27.7 Å². The van der Waals surface area contributed by atoms with E-state index in [2.05, 4.69) is 4.98 Å². The van der Waals surface area contributed by atoms with Crippen LogP contribution in [0.25, 0.3) is 22.2 Å². The van der Waals surface area contributed by atoms with E-state index in [-0.39, 0.29) is 17.9 Å². The SMILES string of the molecule is O=[14C]1[14CH2]c2c([nH]c3ccc([N+](=O)[O-])cc23)-c2ccccc21. The van der Waals surface area contributed by atoms with Gasteiger partial charge in [-0.05, 0) is 11.6 Å². The maximum absolute atomic E-state index is 12.3. The van der Waals surface area contributed by atoms with Gasteiger partial charge in [-0.2, -0.15) is 0 Å². The second-order valence-electron chi connectivity index (χ2n) is 5.11. The number of rotatable bonds is 1. The summed E-state index contributed by atoms with van der Waals surface area (Å²) in [6, 6.07) is 12.1. The van der Waals surface area contributed by atoms with Crippen molar-refractivity contribution in [2.24, 2.45) is 0 Å². The second-order valence-corrected chi connectivity index (χ2v) is 5.11. The molecule has 1 aromatic heterocycles. The van der Waals surface area contributed by atoms with Gasteiger partial charge < -0.3 is 4.98 Å². The zero-order valence-electron chi connectivity index (χ0n) is 10.9. The van der Waals surface area contributed by atoms with Gasteiger partial charge in [0.2, 0.25) is 0 Å². The van der Waals surface area contributed by atoms with Crippen molar-refractivity contribution in [3.8, 4) is 11.3 Å². The smallest absolute Gasteiger partial charge is 0.270 e. The number of ketones is 1. The number of aromatic nitrogens is 1. The standard InChI is InChI=1S/C16H10N2O3/c19-15-8-13-12-7-9(18(20)21)5-6-14(12)17-16(13)11-4-2-1-3-10(11)15/h1-7,17H,8H2/i8+2,15+2. The number of carbonyl (C=O) groups excluding carboxylic acids is 1. The summed E-state index contributed by atoms with van der Waals surface area (Å²) < 4.78 is 0. The highest BCUT2D eigenvalue weighted by Gasteiger charge is 2.26. The van der Waals surface area contributed by atoms with Crippen molar-refractivity contribution in [1.82, 2.24) is 4.98 Å². The Bertz CT molecular complexity index is 924. The Balaban J connectivity index is 2.05. The fourth-order valence-corrected chi connectivity index (χ4v) is 2.96. The predicted molar refractivity (Wildman–Crippen MR) is 78.4 cm³/mol.